The van der Waals surface area contributed by atoms with E-state index in [0.717, 1.165) is 17.7 Å². The second-order valence-corrected chi connectivity index (χ2v) is 7.85. The fourth-order valence-corrected chi connectivity index (χ4v) is 4.89. The molecule has 0 aliphatic carbocycles. The third-order valence-electron chi connectivity index (χ3n) is 4.49. The van der Waals surface area contributed by atoms with E-state index < -0.39 is 27.7 Å². The van der Waals surface area contributed by atoms with E-state index in [0.29, 0.717) is 37.0 Å². The van der Waals surface area contributed by atoms with E-state index in [1.165, 1.54) is 18.5 Å². The molecule has 0 bridgehead atoms. The van der Waals surface area contributed by atoms with Gasteiger partial charge in [-0.05, 0) is 48.7 Å². The van der Waals surface area contributed by atoms with Gasteiger partial charge in [-0.25, -0.2) is 17.2 Å². The lowest BCUT2D eigenvalue weighted by molar-refractivity contribution is 0.351. The van der Waals surface area contributed by atoms with Gasteiger partial charge >= 0.3 is 0 Å². The maximum absolute atomic E-state index is 13.5. The van der Waals surface area contributed by atoms with E-state index in [-0.39, 0.29) is 4.90 Å². The number of nitrogens with zero attached hydrogens (tertiary/aromatic N) is 1. The summed E-state index contributed by atoms with van der Waals surface area (Å²) in [7, 11) is -0.929. The zero-order valence-corrected chi connectivity index (χ0v) is 15.2. The Bertz CT molecular complexity index is 917. The van der Waals surface area contributed by atoms with Crippen molar-refractivity contribution < 1.29 is 26.7 Å². The maximum Gasteiger partial charge on any atom is 0.243 e. The van der Waals surface area contributed by atoms with Gasteiger partial charge in [-0.1, -0.05) is 6.07 Å². The number of sulfonamides is 1. The molecule has 5 nitrogen and oxygen atoms in total. The quantitative estimate of drug-likeness (QED) is 0.793. The monoisotopic (exact) mass is 383 g/mol. The lowest BCUT2D eigenvalue weighted by atomic mass is 10.0. The van der Waals surface area contributed by atoms with Crippen molar-refractivity contribution in [1.29, 1.82) is 0 Å². The minimum atomic E-state index is -3.96. The zero-order valence-electron chi connectivity index (χ0n) is 14.4. The Kier molecular flexibility index (Phi) is 5.15. The van der Waals surface area contributed by atoms with Gasteiger partial charge in [0.25, 0.3) is 0 Å². The molecule has 8 heteroatoms. The molecule has 26 heavy (non-hydrogen) atoms. The van der Waals surface area contributed by atoms with Gasteiger partial charge in [-0.15, -0.1) is 0 Å². The Balaban J connectivity index is 1.98. The second-order valence-electron chi connectivity index (χ2n) is 5.96. The third kappa shape index (κ3) is 3.26. The molecule has 1 aliphatic heterocycles. The molecule has 0 saturated carbocycles. The first kappa shape index (κ1) is 18.6. The molecule has 0 unspecified atom stereocenters. The molecule has 0 amide bonds. The highest BCUT2D eigenvalue weighted by atomic mass is 32.2. The topological polar surface area (TPSA) is 55.8 Å². The molecule has 1 atom stereocenters. The van der Waals surface area contributed by atoms with Crippen molar-refractivity contribution in [2.24, 2.45) is 0 Å². The number of halogens is 2. The molecule has 0 N–H and O–H groups in total. The molecule has 2 aromatic carbocycles. The Labute approximate surface area is 151 Å². The molecule has 1 fully saturated rings. The molecule has 0 aromatic heterocycles. The molecule has 1 heterocycles. The van der Waals surface area contributed by atoms with Crippen molar-refractivity contribution in [2.45, 2.75) is 23.8 Å². The molecular weight excluding hydrogens is 364 g/mol. The average Bonchev–Trinajstić information content (AvgIpc) is 3.14. The number of ether oxygens (including phenoxy) is 2. The van der Waals surface area contributed by atoms with Crippen LogP contribution in [-0.4, -0.2) is 33.5 Å². The Morgan fingerprint density at radius 3 is 2.38 bits per heavy atom. The van der Waals surface area contributed by atoms with E-state index in [9.17, 15) is 17.2 Å². The number of methoxy groups -OCH3 is 2. The minimum Gasteiger partial charge on any atom is -0.493 e. The van der Waals surface area contributed by atoms with Crippen LogP contribution in [0.3, 0.4) is 0 Å². The highest BCUT2D eigenvalue weighted by molar-refractivity contribution is 7.89. The van der Waals surface area contributed by atoms with Crippen molar-refractivity contribution in [2.75, 3.05) is 20.8 Å². The number of benzene rings is 2. The van der Waals surface area contributed by atoms with Crippen LogP contribution < -0.4 is 9.47 Å². The molecule has 3 rings (SSSR count). The Morgan fingerprint density at radius 2 is 1.73 bits per heavy atom. The summed E-state index contributed by atoms with van der Waals surface area (Å²) in [6, 6.07) is 7.45. The maximum atomic E-state index is 13.5. The van der Waals surface area contributed by atoms with E-state index in [2.05, 4.69) is 0 Å². The molecule has 140 valence electrons. The highest BCUT2D eigenvalue weighted by Crippen LogP contribution is 2.39. The second kappa shape index (κ2) is 7.20. The van der Waals surface area contributed by atoms with Gasteiger partial charge < -0.3 is 9.47 Å². The first-order valence-corrected chi connectivity index (χ1v) is 9.51. The summed E-state index contributed by atoms with van der Waals surface area (Å²) in [6.07, 6.45) is 1.29. The van der Waals surface area contributed by atoms with Crippen LogP contribution in [-0.2, 0) is 10.0 Å². The molecule has 1 aliphatic rings. The van der Waals surface area contributed by atoms with Gasteiger partial charge in [0.2, 0.25) is 10.0 Å². The summed E-state index contributed by atoms with van der Waals surface area (Å²) in [6.45, 7) is 0.306. The van der Waals surface area contributed by atoms with Gasteiger partial charge in [0, 0.05) is 6.54 Å². The standard InChI is InChI=1S/C18H19F2NO4S/c1-24-17-8-5-12(10-18(17)25-2)16-4-3-9-21(16)26(22,23)13-6-7-14(19)15(20)11-13/h5-8,10-11,16H,3-4,9H2,1-2H3/t16-/m0/s1. The van der Waals surface area contributed by atoms with Gasteiger partial charge in [-0.2, -0.15) is 4.31 Å². The summed E-state index contributed by atoms with van der Waals surface area (Å²) in [5.74, 6) is -1.22. The molecular formula is C18H19F2NO4S. The summed E-state index contributed by atoms with van der Waals surface area (Å²) >= 11 is 0. The molecule has 0 radical (unpaired) electrons. The first-order valence-electron chi connectivity index (χ1n) is 8.07. The predicted molar refractivity (Wildman–Crippen MR) is 91.8 cm³/mol. The van der Waals surface area contributed by atoms with Crippen LogP contribution in [0.4, 0.5) is 8.78 Å². The van der Waals surface area contributed by atoms with Crippen LogP contribution in [0.25, 0.3) is 0 Å². The third-order valence-corrected chi connectivity index (χ3v) is 6.40. The van der Waals surface area contributed by atoms with Crippen molar-refractivity contribution >= 4 is 10.0 Å². The predicted octanol–water partition coefficient (Wildman–Crippen LogP) is 3.51. The van der Waals surface area contributed by atoms with Gasteiger partial charge in [0.1, 0.15) is 0 Å². The molecule has 0 spiro atoms. The van der Waals surface area contributed by atoms with Crippen molar-refractivity contribution in [1.82, 2.24) is 4.31 Å². The average molecular weight is 383 g/mol. The fraction of sp³-hybridized carbons (Fsp3) is 0.333. The van der Waals surface area contributed by atoms with E-state index in [1.807, 2.05) is 0 Å². The van der Waals surface area contributed by atoms with Crippen molar-refractivity contribution in [3.63, 3.8) is 0 Å². The van der Waals surface area contributed by atoms with Gasteiger partial charge in [0.05, 0.1) is 25.2 Å². The number of rotatable bonds is 5. The van der Waals surface area contributed by atoms with Gasteiger partial charge in [-0.3, -0.25) is 0 Å². The largest absolute Gasteiger partial charge is 0.493 e. The Morgan fingerprint density at radius 1 is 1.00 bits per heavy atom. The Hall–Kier alpha value is -2.19. The summed E-state index contributed by atoms with van der Waals surface area (Å²) in [5.41, 5.74) is 0.756. The summed E-state index contributed by atoms with van der Waals surface area (Å²) < 4.78 is 64.4. The normalized spacial score (nSPS) is 18.1. The number of hydrogen-bond donors (Lipinski definition) is 0. The van der Waals surface area contributed by atoms with Crippen LogP contribution >= 0.6 is 0 Å². The van der Waals surface area contributed by atoms with Crippen molar-refractivity contribution in [3.05, 3.63) is 53.6 Å². The lowest BCUT2D eigenvalue weighted by Crippen LogP contribution is -2.30. The SMILES string of the molecule is COc1ccc([C@@H]2CCCN2S(=O)(=O)c2ccc(F)c(F)c2)cc1OC. The van der Waals surface area contributed by atoms with Crippen LogP contribution in [0.2, 0.25) is 0 Å². The van der Waals surface area contributed by atoms with Crippen LogP contribution in [0.5, 0.6) is 11.5 Å². The molecule has 1 saturated heterocycles. The van der Waals surface area contributed by atoms with Crippen LogP contribution in [0.15, 0.2) is 41.3 Å². The summed E-state index contributed by atoms with van der Waals surface area (Å²) in [4.78, 5) is -0.260. The van der Waals surface area contributed by atoms with E-state index in [4.69, 9.17) is 9.47 Å². The zero-order chi connectivity index (χ0) is 18.9. The minimum absolute atomic E-state index is 0.260. The van der Waals surface area contributed by atoms with Crippen LogP contribution in [0.1, 0.15) is 24.4 Å². The lowest BCUT2D eigenvalue weighted by Gasteiger charge is -2.25. The smallest absolute Gasteiger partial charge is 0.243 e. The highest BCUT2D eigenvalue weighted by Gasteiger charge is 2.36. The fourth-order valence-electron chi connectivity index (χ4n) is 3.19. The van der Waals surface area contributed by atoms with Crippen molar-refractivity contribution in [3.8, 4) is 11.5 Å². The van der Waals surface area contributed by atoms with Gasteiger partial charge in [0.15, 0.2) is 23.1 Å². The summed E-state index contributed by atoms with van der Waals surface area (Å²) in [5, 5.41) is 0. The molecule has 2 aromatic rings. The first-order chi connectivity index (χ1) is 12.4. The van der Waals surface area contributed by atoms with E-state index in [1.54, 1.807) is 18.2 Å². The van der Waals surface area contributed by atoms with E-state index >= 15 is 0 Å². The van der Waals surface area contributed by atoms with Crippen LogP contribution in [0, 0.1) is 11.6 Å². The number of hydrogen-bond acceptors (Lipinski definition) is 4.